The molecular formula is C27H24F3N5O3S2. The molecule has 1 unspecified atom stereocenters. The van der Waals surface area contributed by atoms with E-state index in [2.05, 4.69) is 15.5 Å². The number of para-hydroxylation sites is 1. The summed E-state index contributed by atoms with van der Waals surface area (Å²) >= 11 is 1.05. The maximum absolute atomic E-state index is 13.2. The van der Waals surface area contributed by atoms with Crippen molar-refractivity contribution in [2.45, 2.75) is 29.1 Å². The van der Waals surface area contributed by atoms with E-state index in [-0.39, 0.29) is 16.3 Å². The van der Waals surface area contributed by atoms with E-state index in [1.807, 2.05) is 30.3 Å². The highest BCUT2D eigenvalue weighted by molar-refractivity contribution is 7.99. The number of hydrogen-bond acceptors (Lipinski definition) is 6. The maximum atomic E-state index is 13.2. The molecule has 3 aromatic carbocycles. The van der Waals surface area contributed by atoms with Crippen molar-refractivity contribution in [3.05, 3.63) is 84.4 Å². The number of alkyl halides is 3. The van der Waals surface area contributed by atoms with E-state index in [1.165, 1.54) is 16.4 Å². The van der Waals surface area contributed by atoms with Gasteiger partial charge in [0.15, 0.2) is 26.3 Å². The van der Waals surface area contributed by atoms with Gasteiger partial charge >= 0.3 is 6.18 Å². The van der Waals surface area contributed by atoms with Crippen molar-refractivity contribution >= 4 is 33.8 Å². The lowest BCUT2D eigenvalue weighted by molar-refractivity contribution is -0.137. The molecule has 1 atom stereocenters. The molecule has 4 aromatic rings. The molecule has 2 heterocycles. The highest BCUT2D eigenvalue weighted by atomic mass is 32.3. The molecule has 208 valence electrons. The molecule has 0 radical (unpaired) electrons. The van der Waals surface area contributed by atoms with E-state index >= 15 is 0 Å². The predicted molar refractivity (Wildman–Crippen MR) is 145 cm³/mol. The summed E-state index contributed by atoms with van der Waals surface area (Å²) in [4.78, 5) is 12.8. The number of carbonyl (C=O) groups is 1. The Morgan fingerprint density at radius 1 is 0.975 bits per heavy atom. The van der Waals surface area contributed by atoms with Crippen molar-refractivity contribution in [1.82, 2.24) is 19.1 Å². The molecule has 1 N–H and O–H groups in total. The highest BCUT2D eigenvalue weighted by Gasteiger charge is 2.33. The lowest BCUT2D eigenvalue weighted by Gasteiger charge is -2.23. The number of halogens is 3. The fourth-order valence-corrected chi connectivity index (χ4v) is 6.65. The van der Waals surface area contributed by atoms with E-state index in [9.17, 15) is 26.7 Å². The molecule has 0 saturated carbocycles. The first-order chi connectivity index (χ1) is 19.1. The lowest BCUT2D eigenvalue weighted by Crippen LogP contribution is -2.33. The summed E-state index contributed by atoms with van der Waals surface area (Å²) in [5, 5.41) is 11.4. The van der Waals surface area contributed by atoms with Crippen molar-refractivity contribution in [2.24, 2.45) is 0 Å². The quantitative estimate of drug-likeness (QED) is 0.210. The number of nitrogens with one attached hydrogen (secondary N) is 1. The molecule has 1 aliphatic heterocycles. The second-order valence-corrected chi connectivity index (χ2v) is 11.9. The molecule has 8 nitrogen and oxygen atoms in total. The SMILES string of the molecule is O=C(CSc1nnc(-c2cccc([S+](=O)([O-])N3CCCC3)c2)n1-c1ccccc1)Nc1cccc(C(F)(F)F)c1. The van der Waals surface area contributed by atoms with Crippen LogP contribution >= 0.6 is 11.8 Å². The summed E-state index contributed by atoms with van der Waals surface area (Å²) in [6.45, 7) is 0.965. The smallest absolute Gasteiger partial charge is 0.416 e. The van der Waals surface area contributed by atoms with Gasteiger partial charge < -0.3 is 9.87 Å². The highest BCUT2D eigenvalue weighted by Crippen LogP contribution is 2.33. The monoisotopic (exact) mass is 587 g/mol. The van der Waals surface area contributed by atoms with Gasteiger partial charge in [0.2, 0.25) is 5.91 Å². The van der Waals surface area contributed by atoms with Crippen LogP contribution < -0.4 is 5.32 Å². The number of carbonyl (C=O) groups excluding carboxylic acids is 1. The van der Waals surface area contributed by atoms with Crippen molar-refractivity contribution in [2.75, 3.05) is 24.2 Å². The Hall–Kier alpha value is -3.52. The molecule has 0 spiro atoms. The van der Waals surface area contributed by atoms with Crippen LogP contribution in [-0.2, 0) is 25.6 Å². The van der Waals surface area contributed by atoms with Crippen LogP contribution in [-0.4, -0.2) is 48.4 Å². The van der Waals surface area contributed by atoms with Gasteiger partial charge in [-0.1, -0.05) is 52.4 Å². The third-order valence-electron chi connectivity index (χ3n) is 6.25. The summed E-state index contributed by atoms with van der Waals surface area (Å²) < 4.78 is 68.6. The number of nitrogens with zero attached hydrogens (tertiary/aromatic N) is 4. The average molecular weight is 588 g/mol. The number of thioether (sulfide) groups is 1. The van der Waals surface area contributed by atoms with Gasteiger partial charge in [0, 0.05) is 36.1 Å². The molecule has 5 rings (SSSR count). The molecule has 0 aliphatic carbocycles. The van der Waals surface area contributed by atoms with Crippen molar-refractivity contribution < 1.29 is 26.7 Å². The van der Waals surface area contributed by atoms with Crippen LogP contribution in [0.15, 0.2) is 88.9 Å². The minimum atomic E-state index is -4.52. The van der Waals surface area contributed by atoms with Gasteiger partial charge in [0.25, 0.3) is 0 Å². The van der Waals surface area contributed by atoms with Gasteiger partial charge in [-0.2, -0.15) is 13.2 Å². The summed E-state index contributed by atoms with van der Waals surface area (Å²) in [6, 6.07) is 20.0. The average Bonchev–Trinajstić information content (AvgIpc) is 3.63. The fraction of sp³-hybridized carbons (Fsp3) is 0.222. The van der Waals surface area contributed by atoms with Gasteiger partial charge in [-0.3, -0.25) is 9.36 Å². The molecule has 1 fully saturated rings. The number of anilines is 1. The minimum absolute atomic E-state index is 0.0293. The Balaban J connectivity index is 1.41. The molecule has 40 heavy (non-hydrogen) atoms. The first-order valence-electron chi connectivity index (χ1n) is 12.3. The Morgan fingerprint density at radius 3 is 2.42 bits per heavy atom. The van der Waals surface area contributed by atoms with E-state index < -0.39 is 28.0 Å². The predicted octanol–water partition coefficient (Wildman–Crippen LogP) is 5.68. The van der Waals surface area contributed by atoms with E-state index in [4.69, 9.17) is 0 Å². The van der Waals surface area contributed by atoms with Gasteiger partial charge in [-0.15, -0.1) is 14.5 Å². The normalized spacial score (nSPS) is 15.6. The zero-order valence-electron chi connectivity index (χ0n) is 21.0. The van der Waals surface area contributed by atoms with Gasteiger partial charge in [0.05, 0.1) is 11.3 Å². The standard InChI is InChI=1S/C27H24F3N5O3S2/c28-27(29,30)20-9-7-10-21(17-20)31-24(36)18-39-26-33-32-25(35(26)22-11-2-1-3-12-22)19-8-6-13-23(16-19)40(37,38)34-14-4-5-15-34/h1-3,6-13,16-17H,4-5,14-15,18H2,(H-,31,36,37,38). The second-order valence-electron chi connectivity index (χ2n) is 9.03. The van der Waals surface area contributed by atoms with Crippen molar-refractivity contribution in [3.8, 4) is 17.1 Å². The topological polar surface area (TPSA) is 103 Å². The Bertz CT molecular complexity index is 1560. The van der Waals surface area contributed by atoms with Crippen molar-refractivity contribution in [1.29, 1.82) is 0 Å². The summed E-state index contributed by atoms with van der Waals surface area (Å²) in [6.07, 6.45) is -2.88. The summed E-state index contributed by atoms with van der Waals surface area (Å²) in [5.41, 5.74) is 0.384. The van der Waals surface area contributed by atoms with Crippen LogP contribution in [0.1, 0.15) is 18.4 Å². The summed E-state index contributed by atoms with van der Waals surface area (Å²) in [7, 11) is -3.66. The molecule has 1 saturated heterocycles. The molecule has 1 amide bonds. The zero-order chi connectivity index (χ0) is 28.3. The first kappa shape index (κ1) is 28.0. The third kappa shape index (κ3) is 6.12. The van der Waals surface area contributed by atoms with Crippen molar-refractivity contribution in [3.63, 3.8) is 0 Å². The van der Waals surface area contributed by atoms with Crippen LogP contribution in [0.25, 0.3) is 17.1 Å². The number of benzene rings is 3. The molecule has 13 heteroatoms. The van der Waals surface area contributed by atoms with Gasteiger partial charge in [-0.25, -0.2) is 0 Å². The number of hydrogen-bond donors (Lipinski definition) is 1. The Labute approximate surface area is 234 Å². The lowest BCUT2D eigenvalue weighted by atomic mass is 10.2. The zero-order valence-corrected chi connectivity index (χ0v) is 22.6. The van der Waals surface area contributed by atoms with Gasteiger partial charge in [-0.05, 0) is 49.2 Å². The van der Waals surface area contributed by atoms with Crippen LogP contribution in [0.5, 0.6) is 0 Å². The second kappa shape index (κ2) is 11.5. The largest absolute Gasteiger partial charge is 0.593 e. The first-order valence-corrected chi connectivity index (χ1v) is 14.8. The Kier molecular flexibility index (Phi) is 8.08. The molecule has 0 bridgehead atoms. The van der Waals surface area contributed by atoms with E-state index in [0.29, 0.717) is 35.3 Å². The number of rotatable bonds is 8. The van der Waals surface area contributed by atoms with Crippen LogP contribution in [0.4, 0.5) is 18.9 Å². The maximum Gasteiger partial charge on any atom is 0.416 e. The van der Waals surface area contributed by atoms with Crippen LogP contribution in [0.3, 0.4) is 0 Å². The van der Waals surface area contributed by atoms with Crippen LogP contribution in [0, 0.1) is 0 Å². The van der Waals surface area contributed by atoms with Crippen LogP contribution in [0.2, 0.25) is 0 Å². The molecule has 1 aromatic heterocycles. The fourth-order valence-electron chi connectivity index (χ4n) is 4.33. The number of sulfonamides is 1. The Morgan fingerprint density at radius 2 is 1.70 bits per heavy atom. The number of aromatic nitrogens is 3. The van der Waals surface area contributed by atoms with E-state index in [1.54, 1.807) is 28.8 Å². The molecule has 1 aliphatic rings. The minimum Gasteiger partial charge on any atom is -0.593 e. The van der Waals surface area contributed by atoms with E-state index in [0.717, 1.165) is 36.7 Å². The number of amides is 1. The third-order valence-corrected chi connectivity index (χ3v) is 9.07. The summed E-state index contributed by atoms with van der Waals surface area (Å²) in [5.74, 6) is -0.289. The molecular weight excluding hydrogens is 563 g/mol. The van der Waals surface area contributed by atoms with Gasteiger partial charge in [0.1, 0.15) is 0 Å².